The zero-order valence-corrected chi connectivity index (χ0v) is 31.0. The molecule has 0 saturated carbocycles. The second kappa shape index (κ2) is 18.3. The van der Waals surface area contributed by atoms with Gasteiger partial charge >= 0.3 is 24.2 Å². The molecule has 1 fully saturated rings. The summed E-state index contributed by atoms with van der Waals surface area (Å²) in [5.74, 6) is -2.20. The van der Waals surface area contributed by atoms with Gasteiger partial charge in [-0.05, 0) is 33.0 Å². The van der Waals surface area contributed by atoms with Crippen LogP contribution < -0.4 is 19.3 Å². The normalized spacial score (nSPS) is 14.9. The molecule has 1 unspecified atom stereocenters. The number of carboxylic acid groups (broad SMARTS) is 1. The van der Waals surface area contributed by atoms with Gasteiger partial charge in [-0.3, -0.25) is 0 Å². The average molecular weight is 773 g/mol. The van der Waals surface area contributed by atoms with Crippen molar-refractivity contribution in [1.82, 2.24) is 19.8 Å². The summed E-state index contributed by atoms with van der Waals surface area (Å²) in [6.07, 6.45) is -4.86. The highest BCUT2D eigenvalue weighted by molar-refractivity contribution is 5.96. The van der Waals surface area contributed by atoms with Gasteiger partial charge in [0.15, 0.2) is 18.4 Å². The summed E-state index contributed by atoms with van der Waals surface area (Å²) in [5, 5.41) is 8.40. The van der Waals surface area contributed by atoms with E-state index in [9.17, 15) is 18.0 Å². The van der Waals surface area contributed by atoms with Crippen LogP contribution in [0.3, 0.4) is 0 Å². The van der Waals surface area contributed by atoms with Crippen LogP contribution in [0.5, 0.6) is 11.8 Å². The number of methoxy groups -OCH3 is 1. The lowest BCUT2D eigenvalue weighted by molar-refractivity contribution is -0.192. The average Bonchev–Trinajstić information content (AvgIpc) is 3.16. The van der Waals surface area contributed by atoms with E-state index >= 15 is 4.39 Å². The van der Waals surface area contributed by atoms with Crippen LogP contribution in [0.15, 0.2) is 60.7 Å². The number of hydrogen-bond donors (Lipinski definition) is 1. The number of anilines is 2. The highest BCUT2D eigenvalue weighted by Crippen LogP contribution is 2.39. The molecule has 1 atom stereocenters. The lowest BCUT2D eigenvalue weighted by atomic mass is 10.0. The first kappa shape index (κ1) is 40.8. The Hall–Kier alpha value is -5.42. The third-order valence-electron chi connectivity index (χ3n) is 8.83. The summed E-state index contributed by atoms with van der Waals surface area (Å²) in [7, 11) is 5.51. The molecule has 1 saturated heterocycles. The number of aromatic nitrogens is 2. The van der Waals surface area contributed by atoms with Crippen molar-refractivity contribution in [3.05, 3.63) is 83.3 Å². The maximum Gasteiger partial charge on any atom is 0.490 e. The van der Waals surface area contributed by atoms with E-state index in [-0.39, 0.29) is 31.3 Å². The Labute approximate surface area is 316 Å². The maximum absolute atomic E-state index is 15.4. The Morgan fingerprint density at radius 1 is 0.945 bits per heavy atom. The van der Waals surface area contributed by atoms with E-state index in [4.69, 9.17) is 38.8 Å². The molecule has 2 aliphatic rings. The van der Waals surface area contributed by atoms with Crippen LogP contribution in [-0.4, -0.2) is 116 Å². The van der Waals surface area contributed by atoms with Crippen molar-refractivity contribution in [3.8, 4) is 11.8 Å². The number of carbonyl (C=O) groups is 2. The molecule has 1 aromatic heterocycles. The zero-order chi connectivity index (χ0) is 39.7. The van der Waals surface area contributed by atoms with Crippen LogP contribution >= 0.6 is 0 Å². The maximum atomic E-state index is 15.4. The molecular weight excluding hydrogens is 728 g/mol. The van der Waals surface area contributed by atoms with Gasteiger partial charge in [0.25, 0.3) is 0 Å². The number of hydrogen-bond acceptors (Lipinski definition) is 11. The van der Waals surface area contributed by atoms with Crippen molar-refractivity contribution in [2.75, 3.05) is 77.1 Å². The molecule has 296 valence electrons. The van der Waals surface area contributed by atoms with Gasteiger partial charge in [0, 0.05) is 74.5 Å². The van der Waals surface area contributed by atoms with Crippen molar-refractivity contribution >= 4 is 34.3 Å². The molecule has 17 heteroatoms. The molecule has 55 heavy (non-hydrogen) atoms. The number of aliphatic carboxylic acids is 1. The lowest BCUT2D eigenvalue weighted by Crippen LogP contribution is -2.49. The van der Waals surface area contributed by atoms with E-state index in [1.165, 1.54) is 7.11 Å². The van der Waals surface area contributed by atoms with Crippen LogP contribution in [0.2, 0.25) is 0 Å². The van der Waals surface area contributed by atoms with Gasteiger partial charge < -0.3 is 43.7 Å². The Bertz CT molecular complexity index is 1930. The molecule has 6 rings (SSSR count). The minimum atomic E-state index is -5.08. The van der Waals surface area contributed by atoms with Gasteiger partial charge in [-0.15, -0.1) is 0 Å². The van der Waals surface area contributed by atoms with Gasteiger partial charge in [0.1, 0.15) is 18.5 Å². The number of alkyl halides is 3. The molecule has 3 heterocycles. The fraction of sp³-hybridized carbons (Fsp3) is 0.421. The molecule has 13 nitrogen and oxygen atoms in total. The first-order valence-corrected chi connectivity index (χ1v) is 17.5. The zero-order valence-electron chi connectivity index (χ0n) is 31.0. The molecule has 1 amide bonds. The number of benzene rings is 3. The van der Waals surface area contributed by atoms with Crippen LogP contribution in [-0.2, 0) is 33.8 Å². The van der Waals surface area contributed by atoms with E-state index in [1.54, 1.807) is 17.0 Å². The largest absolute Gasteiger partial charge is 0.490 e. The summed E-state index contributed by atoms with van der Waals surface area (Å²) in [6.45, 7) is 6.27. The van der Waals surface area contributed by atoms with Gasteiger partial charge in [0.05, 0.1) is 12.2 Å². The number of piperazine rings is 1. The monoisotopic (exact) mass is 772 g/mol. The minimum Gasteiger partial charge on any atom is -0.475 e. The number of rotatable bonds is 11. The van der Waals surface area contributed by atoms with Crippen molar-refractivity contribution in [1.29, 1.82) is 0 Å². The highest BCUT2D eigenvalue weighted by atomic mass is 19.4. The number of amides is 1. The summed E-state index contributed by atoms with van der Waals surface area (Å²) in [4.78, 5) is 39.9. The van der Waals surface area contributed by atoms with Gasteiger partial charge in [-0.2, -0.15) is 23.1 Å². The standard InChI is InChI=1S/C36H43FN6O5.C2HF3O2/c1-25(21-40(2)3)48-35-38-30-22-43(31-20-32(47-24-45-4)33(37)28-13-9-8-12-27(28)31)15-14-29(30)34(39-35)41-16-18-42(19-17-41)36(44)46-23-26-10-6-5-7-11-26;3-2(4,5)1(6)7/h5-13,20,25H,14-19,21-24H2,1-4H3;(H,6,7). The predicted molar refractivity (Wildman–Crippen MR) is 196 cm³/mol. The topological polar surface area (TPSA) is 130 Å². The van der Waals surface area contributed by atoms with E-state index in [2.05, 4.69) is 14.7 Å². The summed E-state index contributed by atoms with van der Waals surface area (Å²) < 4.78 is 69.7. The minimum absolute atomic E-state index is 0.0576. The first-order chi connectivity index (χ1) is 26.2. The number of ether oxygens (including phenoxy) is 4. The van der Waals surface area contributed by atoms with Crippen LogP contribution in [0, 0.1) is 5.82 Å². The molecule has 0 bridgehead atoms. The summed E-state index contributed by atoms with van der Waals surface area (Å²) in [5.41, 5.74) is 3.72. The van der Waals surface area contributed by atoms with E-state index < -0.39 is 18.0 Å². The number of carboxylic acids is 1. The SMILES string of the molecule is COCOc1cc(N2CCc3c(nc(OC(C)CN(C)C)nc3N3CCN(C(=O)OCc4ccccc4)CC3)C2)c2ccccc2c1F.O=C(O)C(F)(F)F. The van der Waals surface area contributed by atoms with E-state index in [0.717, 1.165) is 33.7 Å². The number of nitrogens with zero attached hydrogens (tertiary/aromatic N) is 6. The molecule has 1 N–H and O–H groups in total. The summed E-state index contributed by atoms with van der Waals surface area (Å²) >= 11 is 0. The third-order valence-corrected chi connectivity index (χ3v) is 8.83. The van der Waals surface area contributed by atoms with Crippen LogP contribution in [0.4, 0.5) is 33.9 Å². The lowest BCUT2D eigenvalue weighted by Gasteiger charge is -2.38. The number of fused-ring (bicyclic) bond motifs is 2. The Kier molecular flexibility index (Phi) is 13.5. The number of likely N-dealkylation sites (N-methyl/N-ethyl adjacent to an activating group) is 1. The second-order valence-electron chi connectivity index (χ2n) is 13.2. The fourth-order valence-corrected chi connectivity index (χ4v) is 6.34. The Balaban J connectivity index is 0.000000757. The quantitative estimate of drug-likeness (QED) is 0.148. The molecule has 0 aliphatic carbocycles. The van der Waals surface area contributed by atoms with Crippen molar-refractivity contribution in [2.45, 2.75) is 38.8 Å². The third kappa shape index (κ3) is 10.6. The molecule has 0 radical (unpaired) electrons. The highest BCUT2D eigenvalue weighted by Gasteiger charge is 2.38. The van der Waals surface area contributed by atoms with Gasteiger partial charge in [-0.1, -0.05) is 54.6 Å². The van der Waals surface area contributed by atoms with Crippen LogP contribution in [0.25, 0.3) is 10.8 Å². The number of carbonyl (C=O) groups excluding carboxylic acids is 1. The van der Waals surface area contributed by atoms with Gasteiger partial charge in [-0.25, -0.2) is 14.0 Å². The van der Waals surface area contributed by atoms with E-state index in [0.29, 0.717) is 63.6 Å². The van der Waals surface area contributed by atoms with Crippen LogP contribution in [0.1, 0.15) is 23.7 Å². The molecule has 0 spiro atoms. The molecule has 4 aromatic rings. The Morgan fingerprint density at radius 3 is 2.24 bits per heavy atom. The van der Waals surface area contributed by atoms with Crippen molar-refractivity contribution in [3.63, 3.8) is 0 Å². The molecule has 2 aliphatic heterocycles. The molecule has 3 aromatic carbocycles. The second-order valence-corrected chi connectivity index (χ2v) is 13.2. The number of halogens is 4. The van der Waals surface area contributed by atoms with E-state index in [1.807, 2.05) is 69.6 Å². The Morgan fingerprint density at radius 2 is 1.60 bits per heavy atom. The summed E-state index contributed by atoms with van der Waals surface area (Å²) in [6, 6.07) is 19.2. The molecular formula is C38H44F4N6O7. The first-order valence-electron chi connectivity index (χ1n) is 17.5. The van der Waals surface area contributed by atoms with Gasteiger partial charge in [0.2, 0.25) is 0 Å². The fourth-order valence-electron chi connectivity index (χ4n) is 6.34. The van der Waals surface area contributed by atoms with Crippen molar-refractivity contribution in [2.24, 2.45) is 0 Å². The predicted octanol–water partition coefficient (Wildman–Crippen LogP) is 5.74. The smallest absolute Gasteiger partial charge is 0.475 e. The van der Waals surface area contributed by atoms with Crippen molar-refractivity contribution < 1.29 is 51.2 Å².